The molecule has 6 nitrogen and oxygen atoms in total. The largest absolute Gasteiger partial charge is 0.484 e. The molecule has 2 aromatic carbocycles. The molecule has 1 amide bonds. The van der Waals surface area contributed by atoms with Crippen molar-refractivity contribution in [2.75, 3.05) is 19.7 Å². The number of carbonyl (C=O) groups is 1. The number of ether oxygens (including phenoxy) is 2. The van der Waals surface area contributed by atoms with Crippen LogP contribution in [-0.2, 0) is 4.79 Å². The van der Waals surface area contributed by atoms with Crippen LogP contribution in [0.2, 0.25) is 0 Å². The highest BCUT2D eigenvalue weighted by atomic mass is 16.5. The van der Waals surface area contributed by atoms with Crippen molar-refractivity contribution in [3.8, 4) is 22.8 Å². The predicted molar refractivity (Wildman–Crippen MR) is 114 cm³/mol. The fourth-order valence-electron chi connectivity index (χ4n) is 3.50. The molecule has 0 N–H and O–H groups in total. The Morgan fingerprint density at radius 1 is 1.00 bits per heavy atom. The summed E-state index contributed by atoms with van der Waals surface area (Å²) in [7, 11) is 0. The van der Waals surface area contributed by atoms with Crippen molar-refractivity contribution < 1.29 is 14.3 Å². The number of piperidine rings is 1. The van der Waals surface area contributed by atoms with Gasteiger partial charge in [0.05, 0.1) is 0 Å². The van der Waals surface area contributed by atoms with Crippen LogP contribution in [0.25, 0.3) is 11.1 Å². The van der Waals surface area contributed by atoms with Crippen LogP contribution in [0.4, 0.5) is 0 Å². The van der Waals surface area contributed by atoms with E-state index in [0.717, 1.165) is 24.0 Å². The van der Waals surface area contributed by atoms with E-state index in [0.29, 0.717) is 30.5 Å². The van der Waals surface area contributed by atoms with Gasteiger partial charge in [-0.1, -0.05) is 42.5 Å². The van der Waals surface area contributed by atoms with E-state index >= 15 is 0 Å². The van der Waals surface area contributed by atoms with Gasteiger partial charge in [-0.15, -0.1) is 0 Å². The summed E-state index contributed by atoms with van der Waals surface area (Å²) in [4.78, 5) is 22.7. The topological polar surface area (TPSA) is 64.5 Å². The van der Waals surface area contributed by atoms with Gasteiger partial charge in [-0.25, -0.2) is 4.98 Å². The molecule has 30 heavy (non-hydrogen) atoms. The van der Waals surface area contributed by atoms with Crippen LogP contribution in [0.5, 0.6) is 11.6 Å². The summed E-state index contributed by atoms with van der Waals surface area (Å²) in [6.07, 6.45) is 3.32. The van der Waals surface area contributed by atoms with Crippen molar-refractivity contribution in [2.45, 2.75) is 25.9 Å². The molecule has 0 bridgehead atoms. The van der Waals surface area contributed by atoms with E-state index < -0.39 is 0 Å². The summed E-state index contributed by atoms with van der Waals surface area (Å²) in [6.45, 7) is 3.19. The van der Waals surface area contributed by atoms with Crippen molar-refractivity contribution in [1.82, 2.24) is 14.9 Å². The third kappa shape index (κ3) is 5.14. The third-order valence-electron chi connectivity index (χ3n) is 5.16. The zero-order valence-electron chi connectivity index (χ0n) is 17.0. The number of rotatable bonds is 6. The molecule has 0 radical (unpaired) electrons. The summed E-state index contributed by atoms with van der Waals surface area (Å²) < 4.78 is 11.6. The minimum absolute atomic E-state index is 0.00142. The average Bonchev–Trinajstić information content (AvgIpc) is 2.79. The number of hydrogen-bond acceptors (Lipinski definition) is 5. The van der Waals surface area contributed by atoms with Crippen LogP contribution in [-0.4, -0.2) is 46.6 Å². The second-order valence-electron chi connectivity index (χ2n) is 7.32. The van der Waals surface area contributed by atoms with E-state index in [1.54, 1.807) is 12.3 Å². The highest BCUT2D eigenvalue weighted by Gasteiger charge is 2.24. The molecule has 3 aromatic rings. The Kier molecular flexibility index (Phi) is 6.23. The zero-order valence-corrected chi connectivity index (χ0v) is 17.0. The molecule has 1 aromatic heterocycles. The summed E-state index contributed by atoms with van der Waals surface area (Å²) in [5, 5.41) is 0. The average molecular weight is 403 g/mol. The van der Waals surface area contributed by atoms with Gasteiger partial charge in [0.25, 0.3) is 5.91 Å². The van der Waals surface area contributed by atoms with E-state index in [4.69, 9.17) is 9.47 Å². The van der Waals surface area contributed by atoms with Gasteiger partial charge >= 0.3 is 0 Å². The first kappa shape index (κ1) is 19.9. The monoisotopic (exact) mass is 403 g/mol. The summed E-state index contributed by atoms with van der Waals surface area (Å²) in [6, 6.07) is 19.7. The number of nitrogens with zero attached hydrogens (tertiary/aromatic N) is 3. The number of carbonyl (C=O) groups excluding carboxylic acids is 1. The number of likely N-dealkylation sites (tertiary alicyclic amines) is 1. The first-order chi connectivity index (χ1) is 14.7. The number of benzene rings is 2. The summed E-state index contributed by atoms with van der Waals surface area (Å²) >= 11 is 0. The fraction of sp³-hybridized carbons (Fsp3) is 0.292. The van der Waals surface area contributed by atoms with Gasteiger partial charge < -0.3 is 14.4 Å². The quantitative estimate of drug-likeness (QED) is 0.625. The van der Waals surface area contributed by atoms with Gasteiger partial charge in [0, 0.05) is 38.2 Å². The lowest BCUT2D eigenvalue weighted by molar-refractivity contribution is -0.135. The second-order valence-corrected chi connectivity index (χ2v) is 7.32. The van der Waals surface area contributed by atoms with Crippen molar-refractivity contribution >= 4 is 5.91 Å². The van der Waals surface area contributed by atoms with Crippen molar-refractivity contribution in [1.29, 1.82) is 0 Å². The van der Waals surface area contributed by atoms with E-state index in [2.05, 4.69) is 22.1 Å². The third-order valence-corrected chi connectivity index (χ3v) is 5.16. The summed E-state index contributed by atoms with van der Waals surface area (Å²) in [5.41, 5.74) is 2.28. The molecule has 2 heterocycles. The minimum Gasteiger partial charge on any atom is -0.484 e. The maximum atomic E-state index is 12.5. The Balaban J connectivity index is 1.23. The van der Waals surface area contributed by atoms with Crippen molar-refractivity contribution in [2.24, 2.45) is 0 Å². The van der Waals surface area contributed by atoms with E-state index in [-0.39, 0.29) is 18.6 Å². The van der Waals surface area contributed by atoms with Crippen molar-refractivity contribution in [3.63, 3.8) is 0 Å². The lowest BCUT2D eigenvalue weighted by atomic mass is 10.1. The molecule has 0 aliphatic carbocycles. The highest BCUT2D eigenvalue weighted by molar-refractivity contribution is 5.78. The molecule has 0 saturated carbocycles. The van der Waals surface area contributed by atoms with Crippen LogP contribution in [0, 0.1) is 6.92 Å². The molecule has 0 spiro atoms. The van der Waals surface area contributed by atoms with Gasteiger partial charge in [-0.05, 0) is 30.2 Å². The molecule has 1 aliphatic heterocycles. The van der Waals surface area contributed by atoms with E-state index in [9.17, 15) is 4.79 Å². The molecule has 6 heteroatoms. The van der Waals surface area contributed by atoms with Gasteiger partial charge in [-0.2, -0.15) is 4.98 Å². The Hall–Kier alpha value is -3.41. The number of aromatic nitrogens is 2. The van der Waals surface area contributed by atoms with E-state index in [1.165, 1.54) is 0 Å². The standard InChI is InChI=1S/C24H25N3O3/c1-18-25-14-11-23(26-18)30-22-12-15-27(16-13-22)24(28)17-29-21-9-7-20(8-10-21)19-5-3-2-4-6-19/h2-11,14,22H,12-13,15-17H2,1H3. The first-order valence-electron chi connectivity index (χ1n) is 10.2. The molecule has 1 fully saturated rings. The predicted octanol–water partition coefficient (Wildman–Crippen LogP) is 3.90. The Morgan fingerprint density at radius 2 is 1.70 bits per heavy atom. The van der Waals surface area contributed by atoms with Gasteiger partial charge in [0.1, 0.15) is 17.7 Å². The van der Waals surface area contributed by atoms with Crippen LogP contribution in [0.3, 0.4) is 0 Å². The molecular formula is C24H25N3O3. The zero-order chi connectivity index (χ0) is 20.8. The molecule has 0 unspecified atom stereocenters. The maximum absolute atomic E-state index is 12.5. The Labute approximate surface area is 176 Å². The molecule has 1 saturated heterocycles. The number of hydrogen-bond donors (Lipinski definition) is 0. The number of amides is 1. The SMILES string of the molecule is Cc1nccc(OC2CCN(C(=O)COc3ccc(-c4ccccc4)cc3)CC2)n1. The van der Waals surface area contributed by atoms with Gasteiger partial charge in [0.15, 0.2) is 6.61 Å². The Bertz CT molecular complexity index is 969. The van der Waals surface area contributed by atoms with Crippen LogP contribution < -0.4 is 9.47 Å². The second kappa shape index (κ2) is 9.39. The molecule has 4 rings (SSSR count). The lowest BCUT2D eigenvalue weighted by Crippen LogP contribution is -2.43. The summed E-state index contributed by atoms with van der Waals surface area (Å²) in [5.74, 6) is 1.97. The smallest absolute Gasteiger partial charge is 0.260 e. The maximum Gasteiger partial charge on any atom is 0.260 e. The fourth-order valence-corrected chi connectivity index (χ4v) is 3.50. The normalized spacial score (nSPS) is 14.4. The molecule has 154 valence electrons. The van der Waals surface area contributed by atoms with Crippen LogP contribution in [0.1, 0.15) is 18.7 Å². The molecule has 0 atom stereocenters. The minimum atomic E-state index is -0.00142. The lowest BCUT2D eigenvalue weighted by Gasteiger charge is -2.31. The highest BCUT2D eigenvalue weighted by Crippen LogP contribution is 2.22. The van der Waals surface area contributed by atoms with Crippen molar-refractivity contribution in [3.05, 3.63) is 72.7 Å². The first-order valence-corrected chi connectivity index (χ1v) is 10.2. The van der Waals surface area contributed by atoms with Crippen LogP contribution in [0.15, 0.2) is 66.9 Å². The molecule has 1 aliphatic rings. The van der Waals surface area contributed by atoms with Crippen LogP contribution >= 0.6 is 0 Å². The van der Waals surface area contributed by atoms with Gasteiger partial charge in [-0.3, -0.25) is 4.79 Å². The van der Waals surface area contributed by atoms with E-state index in [1.807, 2.05) is 54.3 Å². The Morgan fingerprint density at radius 3 is 2.40 bits per heavy atom. The number of aryl methyl sites for hydroxylation is 1. The molecular weight excluding hydrogens is 378 g/mol. The van der Waals surface area contributed by atoms with Gasteiger partial charge in [0.2, 0.25) is 5.88 Å².